The van der Waals surface area contributed by atoms with Crippen molar-refractivity contribution in [2.75, 3.05) is 33.3 Å². The van der Waals surface area contributed by atoms with Crippen molar-refractivity contribution in [3.8, 4) is 5.75 Å². The third-order valence-corrected chi connectivity index (χ3v) is 5.88. The van der Waals surface area contributed by atoms with Crippen molar-refractivity contribution in [1.29, 1.82) is 0 Å². The number of ether oxygens (including phenoxy) is 1. The zero-order valence-corrected chi connectivity index (χ0v) is 17.7. The summed E-state index contributed by atoms with van der Waals surface area (Å²) in [7, 11) is 1.65. The average Bonchev–Trinajstić information content (AvgIpc) is 3.12. The van der Waals surface area contributed by atoms with Crippen molar-refractivity contribution in [1.82, 2.24) is 9.80 Å². The van der Waals surface area contributed by atoms with Gasteiger partial charge in [-0.2, -0.15) is 0 Å². The summed E-state index contributed by atoms with van der Waals surface area (Å²) < 4.78 is 5.28. The summed E-state index contributed by atoms with van der Waals surface area (Å²) in [4.78, 5) is 30.1. The lowest BCUT2D eigenvalue weighted by Crippen LogP contribution is -2.42. The minimum Gasteiger partial charge on any atom is -0.497 e. The molecule has 2 amide bonds. The highest BCUT2D eigenvalue weighted by Gasteiger charge is 2.42. The van der Waals surface area contributed by atoms with Crippen molar-refractivity contribution >= 4 is 11.8 Å². The zero-order chi connectivity index (χ0) is 20.3. The van der Waals surface area contributed by atoms with E-state index in [4.69, 9.17) is 4.74 Å². The fourth-order valence-corrected chi connectivity index (χ4v) is 4.36. The van der Waals surface area contributed by atoms with Crippen molar-refractivity contribution in [2.24, 2.45) is 11.3 Å². The van der Waals surface area contributed by atoms with Crippen LogP contribution < -0.4 is 4.74 Å². The Morgan fingerprint density at radius 3 is 2.21 bits per heavy atom. The summed E-state index contributed by atoms with van der Waals surface area (Å²) in [5.41, 5.74) is 1.06. The lowest BCUT2D eigenvalue weighted by Gasteiger charge is -2.31. The van der Waals surface area contributed by atoms with Crippen LogP contribution in [0, 0.1) is 11.3 Å². The summed E-state index contributed by atoms with van der Waals surface area (Å²) in [6.07, 6.45) is 3.87. The standard InChI is InChI=1S/C23H34N2O3/c1-23(2,3)14-21(26)25-15-19(17-8-10-18(28-4)11-9-17)20(16-25)22(27)24-12-6-5-7-13-24/h8-11,19-20H,5-7,12-16H2,1-4H3. The third-order valence-electron chi connectivity index (χ3n) is 5.88. The molecule has 154 valence electrons. The first kappa shape index (κ1) is 20.7. The van der Waals surface area contributed by atoms with Crippen LogP contribution in [0.2, 0.25) is 0 Å². The van der Waals surface area contributed by atoms with Crippen LogP contribution >= 0.6 is 0 Å². The lowest BCUT2D eigenvalue weighted by atomic mass is 9.87. The van der Waals surface area contributed by atoms with Gasteiger partial charge in [-0.25, -0.2) is 0 Å². The number of hydrogen-bond acceptors (Lipinski definition) is 3. The van der Waals surface area contributed by atoms with E-state index in [1.165, 1.54) is 6.42 Å². The van der Waals surface area contributed by atoms with E-state index in [0.29, 0.717) is 19.5 Å². The number of amides is 2. The number of hydrogen-bond donors (Lipinski definition) is 0. The molecule has 0 N–H and O–H groups in total. The average molecular weight is 387 g/mol. The molecule has 5 nitrogen and oxygen atoms in total. The summed E-state index contributed by atoms with van der Waals surface area (Å²) in [6.45, 7) is 9.09. The number of benzene rings is 1. The molecule has 0 aromatic heterocycles. The number of carbonyl (C=O) groups excluding carboxylic acids is 2. The summed E-state index contributed by atoms with van der Waals surface area (Å²) >= 11 is 0. The van der Waals surface area contributed by atoms with Crippen LogP contribution in [0.15, 0.2) is 24.3 Å². The second kappa shape index (κ2) is 8.54. The van der Waals surface area contributed by atoms with Gasteiger partial charge in [0, 0.05) is 38.5 Å². The molecule has 2 saturated heterocycles. The van der Waals surface area contributed by atoms with E-state index in [-0.39, 0.29) is 29.1 Å². The van der Waals surface area contributed by atoms with Crippen LogP contribution in [-0.4, -0.2) is 54.9 Å². The van der Waals surface area contributed by atoms with Gasteiger partial charge in [0.15, 0.2) is 0 Å². The first-order valence-electron chi connectivity index (χ1n) is 10.5. The summed E-state index contributed by atoms with van der Waals surface area (Å²) in [5.74, 6) is 1.06. The third kappa shape index (κ3) is 4.86. The molecular formula is C23H34N2O3. The fraction of sp³-hybridized carbons (Fsp3) is 0.652. The predicted octanol–water partition coefficient (Wildman–Crippen LogP) is 3.69. The van der Waals surface area contributed by atoms with Gasteiger partial charge >= 0.3 is 0 Å². The Morgan fingerprint density at radius 1 is 1.00 bits per heavy atom. The van der Waals surface area contributed by atoms with Crippen molar-refractivity contribution in [3.05, 3.63) is 29.8 Å². The molecule has 1 aromatic carbocycles. The quantitative estimate of drug-likeness (QED) is 0.793. The molecule has 1 aromatic rings. The van der Waals surface area contributed by atoms with Gasteiger partial charge in [0.25, 0.3) is 0 Å². The van der Waals surface area contributed by atoms with Gasteiger partial charge in [0.2, 0.25) is 11.8 Å². The molecule has 0 bridgehead atoms. The van der Waals surface area contributed by atoms with E-state index in [2.05, 4.69) is 20.8 Å². The number of rotatable bonds is 4. The molecule has 2 heterocycles. The van der Waals surface area contributed by atoms with Crippen molar-refractivity contribution in [3.63, 3.8) is 0 Å². The Balaban J connectivity index is 1.81. The zero-order valence-electron chi connectivity index (χ0n) is 17.7. The van der Waals surface area contributed by atoms with Crippen LogP contribution in [0.3, 0.4) is 0 Å². The molecule has 2 aliphatic rings. The molecule has 2 unspecified atom stereocenters. The van der Waals surface area contributed by atoms with Crippen LogP contribution in [0.25, 0.3) is 0 Å². The topological polar surface area (TPSA) is 49.9 Å². The molecular weight excluding hydrogens is 352 g/mol. The van der Waals surface area contributed by atoms with Crippen LogP contribution in [0.1, 0.15) is 57.9 Å². The Kier molecular flexibility index (Phi) is 6.31. The molecule has 2 aliphatic heterocycles. The Hall–Kier alpha value is -2.04. The van der Waals surface area contributed by atoms with Crippen molar-refractivity contribution in [2.45, 2.75) is 52.4 Å². The van der Waals surface area contributed by atoms with E-state index < -0.39 is 0 Å². The Labute approximate surface area is 169 Å². The maximum atomic E-state index is 13.3. The summed E-state index contributed by atoms with van der Waals surface area (Å²) in [6, 6.07) is 7.96. The SMILES string of the molecule is COc1ccc(C2CN(C(=O)CC(C)(C)C)CC2C(=O)N2CCCCC2)cc1. The first-order valence-corrected chi connectivity index (χ1v) is 10.5. The second-order valence-electron chi connectivity index (χ2n) is 9.41. The van der Waals surface area contributed by atoms with E-state index in [9.17, 15) is 9.59 Å². The van der Waals surface area contributed by atoms with Gasteiger partial charge in [0.1, 0.15) is 5.75 Å². The monoisotopic (exact) mass is 386 g/mol. The minimum absolute atomic E-state index is 0.0456. The van der Waals surface area contributed by atoms with Crippen molar-refractivity contribution < 1.29 is 14.3 Å². The first-order chi connectivity index (χ1) is 13.3. The van der Waals surface area contributed by atoms with Crippen LogP contribution in [0.5, 0.6) is 5.75 Å². The number of nitrogens with zero attached hydrogens (tertiary/aromatic N) is 2. The molecule has 0 aliphatic carbocycles. The van der Waals surface area contributed by atoms with Gasteiger partial charge in [-0.15, -0.1) is 0 Å². The highest BCUT2D eigenvalue weighted by molar-refractivity contribution is 5.83. The number of carbonyl (C=O) groups is 2. The molecule has 0 saturated carbocycles. The lowest BCUT2D eigenvalue weighted by molar-refractivity contribution is -0.137. The van der Waals surface area contributed by atoms with Gasteiger partial charge in [0.05, 0.1) is 13.0 Å². The maximum absolute atomic E-state index is 13.3. The number of piperidine rings is 1. The fourth-order valence-electron chi connectivity index (χ4n) is 4.36. The smallest absolute Gasteiger partial charge is 0.228 e. The van der Waals surface area contributed by atoms with Crippen LogP contribution in [-0.2, 0) is 9.59 Å². The Bertz CT molecular complexity index is 687. The molecule has 5 heteroatoms. The molecule has 2 fully saturated rings. The normalized spacial score (nSPS) is 23.0. The minimum atomic E-state index is -0.157. The maximum Gasteiger partial charge on any atom is 0.228 e. The van der Waals surface area contributed by atoms with E-state index in [1.54, 1.807) is 7.11 Å². The van der Waals surface area contributed by atoms with Gasteiger partial charge < -0.3 is 14.5 Å². The second-order valence-corrected chi connectivity index (χ2v) is 9.41. The molecule has 3 rings (SSSR count). The summed E-state index contributed by atoms with van der Waals surface area (Å²) in [5, 5.41) is 0. The largest absolute Gasteiger partial charge is 0.497 e. The highest BCUT2D eigenvalue weighted by atomic mass is 16.5. The number of methoxy groups -OCH3 is 1. The van der Waals surface area contributed by atoms with E-state index >= 15 is 0 Å². The van der Waals surface area contributed by atoms with Crippen LogP contribution in [0.4, 0.5) is 0 Å². The van der Waals surface area contributed by atoms with E-state index in [1.807, 2.05) is 34.1 Å². The Morgan fingerprint density at radius 2 is 1.64 bits per heavy atom. The van der Waals surface area contributed by atoms with Gasteiger partial charge in [-0.3, -0.25) is 9.59 Å². The van der Waals surface area contributed by atoms with Gasteiger partial charge in [-0.1, -0.05) is 32.9 Å². The molecule has 2 atom stereocenters. The van der Waals surface area contributed by atoms with Gasteiger partial charge in [-0.05, 0) is 42.4 Å². The molecule has 28 heavy (non-hydrogen) atoms. The molecule has 0 radical (unpaired) electrons. The van der Waals surface area contributed by atoms with E-state index in [0.717, 1.165) is 37.2 Å². The predicted molar refractivity (Wildman–Crippen MR) is 110 cm³/mol. The number of likely N-dealkylation sites (tertiary alicyclic amines) is 2. The molecule has 0 spiro atoms. The highest BCUT2D eigenvalue weighted by Crippen LogP contribution is 2.36.